The first kappa shape index (κ1) is 11.4. The van der Waals surface area contributed by atoms with Crippen molar-refractivity contribution in [2.75, 3.05) is 6.54 Å². The van der Waals surface area contributed by atoms with Gasteiger partial charge >= 0.3 is 0 Å². The minimum absolute atomic E-state index is 0.0182. The van der Waals surface area contributed by atoms with Gasteiger partial charge in [-0.25, -0.2) is 0 Å². The summed E-state index contributed by atoms with van der Waals surface area (Å²) in [5.74, 6) is 0.803. The minimum Gasteiger partial charge on any atom is -0.393 e. The summed E-state index contributed by atoms with van der Waals surface area (Å²) >= 11 is 0. The third-order valence-corrected chi connectivity index (χ3v) is 3.83. The molecule has 2 aliphatic rings. The van der Waals surface area contributed by atoms with Crippen LogP contribution in [0.2, 0.25) is 0 Å². The van der Waals surface area contributed by atoms with Crippen LogP contribution >= 0.6 is 0 Å². The summed E-state index contributed by atoms with van der Waals surface area (Å²) in [6, 6.07) is 1.55. The molecule has 2 heteroatoms. The zero-order valence-corrected chi connectivity index (χ0v) is 10.2. The summed E-state index contributed by atoms with van der Waals surface area (Å²) in [6.45, 7) is 5.85. The number of rotatable bonds is 5. The monoisotopic (exact) mass is 211 g/mol. The molecule has 0 bridgehead atoms. The molecule has 2 unspecified atom stereocenters. The molecule has 0 saturated heterocycles. The van der Waals surface area contributed by atoms with Crippen LogP contribution < -0.4 is 0 Å². The smallest absolute Gasteiger partial charge is 0.0555 e. The van der Waals surface area contributed by atoms with Gasteiger partial charge in [0.15, 0.2) is 0 Å². The standard InChI is InChI=1S/C13H25NO/c1-10(2)7-8-14(11-3-4-11)12-5-6-13(15)9-12/h10-13,15H,3-9H2,1-2H3. The highest BCUT2D eigenvalue weighted by atomic mass is 16.3. The highest BCUT2D eigenvalue weighted by Crippen LogP contribution is 2.34. The summed E-state index contributed by atoms with van der Waals surface area (Å²) in [5, 5.41) is 9.60. The maximum atomic E-state index is 9.60. The average molecular weight is 211 g/mol. The fourth-order valence-corrected chi connectivity index (χ4v) is 2.71. The van der Waals surface area contributed by atoms with Crippen LogP contribution in [0.1, 0.15) is 52.4 Å². The fourth-order valence-electron chi connectivity index (χ4n) is 2.71. The van der Waals surface area contributed by atoms with Gasteiger partial charge < -0.3 is 5.11 Å². The summed E-state index contributed by atoms with van der Waals surface area (Å²) < 4.78 is 0. The molecule has 0 aromatic carbocycles. The molecule has 0 amide bonds. The van der Waals surface area contributed by atoms with Crippen molar-refractivity contribution in [3.63, 3.8) is 0 Å². The topological polar surface area (TPSA) is 23.5 Å². The molecule has 2 fully saturated rings. The molecule has 2 saturated carbocycles. The number of hydrogen-bond acceptors (Lipinski definition) is 2. The maximum absolute atomic E-state index is 9.60. The Kier molecular flexibility index (Phi) is 3.68. The van der Waals surface area contributed by atoms with Gasteiger partial charge in [-0.15, -0.1) is 0 Å². The van der Waals surface area contributed by atoms with E-state index in [1.807, 2.05) is 0 Å². The summed E-state index contributed by atoms with van der Waals surface area (Å²) in [5.41, 5.74) is 0. The minimum atomic E-state index is -0.0182. The third-order valence-electron chi connectivity index (χ3n) is 3.83. The highest BCUT2D eigenvalue weighted by molar-refractivity contribution is 4.92. The van der Waals surface area contributed by atoms with Crippen molar-refractivity contribution in [1.82, 2.24) is 4.90 Å². The van der Waals surface area contributed by atoms with Gasteiger partial charge in [-0.1, -0.05) is 13.8 Å². The molecule has 2 rings (SSSR count). The Balaban J connectivity index is 1.83. The van der Waals surface area contributed by atoms with Crippen LogP contribution in [-0.2, 0) is 0 Å². The van der Waals surface area contributed by atoms with E-state index in [-0.39, 0.29) is 6.10 Å². The number of hydrogen-bond donors (Lipinski definition) is 1. The number of nitrogens with zero attached hydrogens (tertiary/aromatic N) is 1. The van der Waals surface area contributed by atoms with E-state index in [9.17, 15) is 5.11 Å². The van der Waals surface area contributed by atoms with Crippen molar-refractivity contribution in [2.24, 2.45) is 5.92 Å². The Morgan fingerprint density at radius 1 is 1.13 bits per heavy atom. The van der Waals surface area contributed by atoms with E-state index < -0.39 is 0 Å². The van der Waals surface area contributed by atoms with Crippen molar-refractivity contribution < 1.29 is 5.11 Å². The van der Waals surface area contributed by atoms with Gasteiger partial charge in [0, 0.05) is 12.1 Å². The molecule has 15 heavy (non-hydrogen) atoms. The Morgan fingerprint density at radius 3 is 2.27 bits per heavy atom. The van der Waals surface area contributed by atoms with E-state index in [2.05, 4.69) is 18.7 Å². The Labute approximate surface area is 93.7 Å². The van der Waals surface area contributed by atoms with Crippen molar-refractivity contribution in [2.45, 2.75) is 70.6 Å². The van der Waals surface area contributed by atoms with Crippen molar-refractivity contribution in [3.8, 4) is 0 Å². The van der Waals surface area contributed by atoms with Crippen LogP contribution in [0.15, 0.2) is 0 Å². The van der Waals surface area contributed by atoms with Gasteiger partial charge in [0.05, 0.1) is 6.10 Å². The molecule has 2 atom stereocenters. The van der Waals surface area contributed by atoms with E-state index in [1.165, 1.54) is 32.2 Å². The van der Waals surface area contributed by atoms with Gasteiger partial charge in [0.25, 0.3) is 0 Å². The average Bonchev–Trinajstić information content (AvgIpc) is 2.90. The Bertz CT molecular complexity index is 201. The quantitative estimate of drug-likeness (QED) is 0.755. The molecule has 2 nitrogen and oxygen atoms in total. The van der Waals surface area contributed by atoms with Crippen LogP contribution in [0.4, 0.5) is 0 Å². The lowest BCUT2D eigenvalue weighted by atomic mass is 10.1. The molecule has 0 aliphatic heterocycles. The fraction of sp³-hybridized carbons (Fsp3) is 1.00. The predicted octanol–water partition coefficient (Wildman–Crippen LogP) is 2.41. The second-order valence-corrected chi connectivity index (χ2v) is 5.77. The predicted molar refractivity (Wildman–Crippen MR) is 62.8 cm³/mol. The van der Waals surface area contributed by atoms with Crippen LogP contribution in [0.5, 0.6) is 0 Å². The molecular formula is C13H25NO. The Morgan fingerprint density at radius 2 is 1.80 bits per heavy atom. The Hall–Kier alpha value is -0.0800. The first-order valence-corrected chi connectivity index (χ1v) is 6.60. The van der Waals surface area contributed by atoms with Crippen molar-refractivity contribution in [3.05, 3.63) is 0 Å². The van der Waals surface area contributed by atoms with E-state index in [1.54, 1.807) is 0 Å². The summed E-state index contributed by atoms with van der Waals surface area (Å²) in [4.78, 5) is 2.69. The van der Waals surface area contributed by atoms with Gasteiger partial charge in [-0.2, -0.15) is 0 Å². The molecule has 88 valence electrons. The highest BCUT2D eigenvalue weighted by Gasteiger charge is 2.36. The number of aliphatic hydroxyl groups is 1. The lowest BCUT2D eigenvalue weighted by Crippen LogP contribution is -2.37. The van der Waals surface area contributed by atoms with Gasteiger partial charge in [0.2, 0.25) is 0 Å². The molecule has 0 heterocycles. The molecule has 1 N–H and O–H groups in total. The second kappa shape index (κ2) is 4.84. The van der Waals surface area contributed by atoms with Crippen LogP contribution in [0.3, 0.4) is 0 Å². The summed E-state index contributed by atoms with van der Waals surface area (Å²) in [7, 11) is 0. The first-order chi connectivity index (χ1) is 7.16. The first-order valence-electron chi connectivity index (χ1n) is 6.60. The molecule has 0 aromatic rings. The number of aliphatic hydroxyl groups excluding tert-OH is 1. The molecule has 2 aliphatic carbocycles. The zero-order chi connectivity index (χ0) is 10.8. The van der Waals surface area contributed by atoms with Crippen molar-refractivity contribution in [1.29, 1.82) is 0 Å². The van der Waals surface area contributed by atoms with E-state index in [0.717, 1.165) is 24.8 Å². The van der Waals surface area contributed by atoms with E-state index in [4.69, 9.17) is 0 Å². The molecule has 0 spiro atoms. The van der Waals surface area contributed by atoms with Crippen LogP contribution in [0, 0.1) is 5.92 Å². The normalized spacial score (nSPS) is 31.8. The SMILES string of the molecule is CC(C)CCN(C1CC1)C1CCC(O)C1. The van der Waals surface area contributed by atoms with Gasteiger partial charge in [-0.05, 0) is 51.0 Å². The second-order valence-electron chi connectivity index (χ2n) is 5.77. The summed E-state index contributed by atoms with van der Waals surface area (Å²) in [6.07, 6.45) is 7.34. The largest absolute Gasteiger partial charge is 0.393 e. The third kappa shape index (κ3) is 3.18. The van der Waals surface area contributed by atoms with Crippen LogP contribution in [0.25, 0.3) is 0 Å². The van der Waals surface area contributed by atoms with Gasteiger partial charge in [-0.3, -0.25) is 4.90 Å². The maximum Gasteiger partial charge on any atom is 0.0555 e. The molecule has 0 aromatic heterocycles. The zero-order valence-electron chi connectivity index (χ0n) is 10.2. The lowest BCUT2D eigenvalue weighted by Gasteiger charge is -2.29. The molecular weight excluding hydrogens is 186 g/mol. The lowest BCUT2D eigenvalue weighted by molar-refractivity contribution is 0.142. The van der Waals surface area contributed by atoms with Crippen molar-refractivity contribution >= 4 is 0 Å². The van der Waals surface area contributed by atoms with E-state index >= 15 is 0 Å². The van der Waals surface area contributed by atoms with Crippen LogP contribution in [-0.4, -0.2) is 34.7 Å². The molecule has 0 radical (unpaired) electrons. The van der Waals surface area contributed by atoms with Gasteiger partial charge in [0.1, 0.15) is 0 Å². The van der Waals surface area contributed by atoms with E-state index in [0.29, 0.717) is 6.04 Å².